The quantitative estimate of drug-likeness (QED) is 0.524. The first-order chi connectivity index (χ1) is 12.8. The van der Waals surface area contributed by atoms with Crippen LogP contribution in [0.1, 0.15) is 0 Å². The third kappa shape index (κ3) is 2.86. The molecule has 0 atom stereocenters. The molecule has 1 aromatic heterocycles. The number of hydrogen-bond acceptors (Lipinski definition) is 4. The number of nitrogens with zero attached hydrogens (tertiary/aromatic N) is 2. The molecule has 0 N–H and O–H groups in total. The molecule has 0 fully saturated rings. The summed E-state index contributed by atoms with van der Waals surface area (Å²) in [5, 5.41) is 0. The second-order valence-corrected chi connectivity index (χ2v) is 5.86. The summed E-state index contributed by atoms with van der Waals surface area (Å²) in [5.74, 6) is 1.62. The molecule has 4 nitrogen and oxygen atoms in total. The van der Waals surface area contributed by atoms with E-state index >= 15 is 0 Å². The van der Waals surface area contributed by atoms with E-state index in [0.29, 0.717) is 0 Å². The first kappa shape index (κ1) is 16.1. The zero-order chi connectivity index (χ0) is 17.9. The summed E-state index contributed by atoms with van der Waals surface area (Å²) in [6.45, 7) is 0. The minimum atomic E-state index is 0.784. The first-order valence-corrected chi connectivity index (χ1v) is 8.34. The molecular formula is C22H18N2O2. The van der Waals surface area contributed by atoms with Crippen LogP contribution >= 0.6 is 0 Å². The van der Waals surface area contributed by atoms with Gasteiger partial charge in [-0.05, 0) is 35.9 Å². The highest BCUT2D eigenvalue weighted by Crippen LogP contribution is 2.32. The monoisotopic (exact) mass is 342 g/mol. The van der Waals surface area contributed by atoms with Crippen LogP contribution in [-0.2, 0) is 0 Å². The highest BCUT2D eigenvalue weighted by molar-refractivity contribution is 5.84. The fourth-order valence-electron chi connectivity index (χ4n) is 3.05. The topological polar surface area (TPSA) is 44.2 Å². The first-order valence-electron chi connectivity index (χ1n) is 8.34. The zero-order valence-corrected chi connectivity index (χ0v) is 14.6. The van der Waals surface area contributed by atoms with E-state index < -0.39 is 0 Å². The van der Waals surface area contributed by atoms with Crippen LogP contribution in [0.2, 0.25) is 0 Å². The van der Waals surface area contributed by atoms with Crippen LogP contribution in [-0.4, -0.2) is 24.2 Å². The van der Waals surface area contributed by atoms with Gasteiger partial charge in [-0.2, -0.15) is 0 Å². The van der Waals surface area contributed by atoms with Crippen LogP contribution in [0.25, 0.3) is 33.4 Å². The van der Waals surface area contributed by atoms with E-state index in [1.807, 2.05) is 66.7 Å². The molecule has 0 aliphatic carbocycles. The van der Waals surface area contributed by atoms with Gasteiger partial charge in [-0.15, -0.1) is 0 Å². The molecule has 0 amide bonds. The van der Waals surface area contributed by atoms with Crippen LogP contribution in [0, 0.1) is 0 Å². The molecular weight excluding hydrogens is 324 g/mol. The summed E-state index contributed by atoms with van der Waals surface area (Å²) >= 11 is 0. The summed E-state index contributed by atoms with van der Waals surface area (Å²) < 4.78 is 10.9. The van der Waals surface area contributed by atoms with Gasteiger partial charge in [-0.3, -0.25) is 4.98 Å². The van der Waals surface area contributed by atoms with E-state index in [1.54, 1.807) is 20.4 Å². The van der Waals surface area contributed by atoms with Gasteiger partial charge in [-0.1, -0.05) is 36.4 Å². The number of rotatable bonds is 4. The maximum atomic E-state index is 5.46. The molecule has 4 rings (SSSR count). The Bertz CT molecular complexity index is 990. The van der Waals surface area contributed by atoms with Crippen LogP contribution in [0.15, 0.2) is 72.9 Å². The molecule has 4 aromatic rings. The van der Waals surface area contributed by atoms with Gasteiger partial charge in [0.1, 0.15) is 11.5 Å². The van der Waals surface area contributed by atoms with Gasteiger partial charge in [0.2, 0.25) is 0 Å². The average Bonchev–Trinajstić information content (AvgIpc) is 2.73. The Labute approximate surface area is 152 Å². The van der Waals surface area contributed by atoms with Crippen molar-refractivity contribution in [1.82, 2.24) is 9.97 Å². The van der Waals surface area contributed by atoms with E-state index in [-0.39, 0.29) is 0 Å². The van der Waals surface area contributed by atoms with Crippen molar-refractivity contribution in [2.45, 2.75) is 0 Å². The van der Waals surface area contributed by atoms with Crippen molar-refractivity contribution < 1.29 is 9.47 Å². The fraction of sp³-hybridized carbons (Fsp3) is 0.0909. The van der Waals surface area contributed by atoms with Gasteiger partial charge in [-0.25, -0.2) is 4.98 Å². The Balaban J connectivity index is 1.80. The Morgan fingerprint density at radius 1 is 0.692 bits per heavy atom. The van der Waals surface area contributed by atoms with Crippen molar-refractivity contribution >= 4 is 11.0 Å². The predicted molar refractivity (Wildman–Crippen MR) is 104 cm³/mol. The standard InChI is InChI=1S/C22H18N2O2/c1-25-21-9-5-3-7-16(21)15-11-12-18-19(13-15)23-14-20(24-18)17-8-4-6-10-22(17)26-2/h3-14H,1-2H3. The van der Waals surface area contributed by atoms with Crippen molar-refractivity contribution in [3.05, 3.63) is 72.9 Å². The summed E-state index contributed by atoms with van der Waals surface area (Å²) in [6, 6.07) is 21.8. The molecule has 26 heavy (non-hydrogen) atoms. The third-order valence-electron chi connectivity index (χ3n) is 4.34. The maximum absolute atomic E-state index is 5.46. The van der Waals surface area contributed by atoms with Crippen molar-refractivity contribution in [3.8, 4) is 33.9 Å². The minimum absolute atomic E-state index is 0.784. The second kappa shape index (κ2) is 6.84. The van der Waals surface area contributed by atoms with E-state index in [4.69, 9.17) is 14.5 Å². The van der Waals surface area contributed by atoms with Gasteiger partial charge in [0, 0.05) is 11.1 Å². The molecule has 0 aliphatic rings. The Morgan fingerprint density at radius 3 is 2.08 bits per heavy atom. The number of aromatic nitrogens is 2. The smallest absolute Gasteiger partial charge is 0.128 e. The lowest BCUT2D eigenvalue weighted by atomic mass is 10.0. The zero-order valence-electron chi connectivity index (χ0n) is 14.6. The molecule has 128 valence electrons. The molecule has 4 heteroatoms. The number of methoxy groups -OCH3 is 2. The highest BCUT2D eigenvalue weighted by Gasteiger charge is 2.10. The number of ether oxygens (including phenoxy) is 2. The van der Waals surface area contributed by atoms with Crippen LogP contribution < -0.4 is 9.47 Å². The minimum Gasteiger partial charge on any atom is -0.496 e. The third-order valence-corrected chi connectivity index (χ3v) is 4.34. The van der Waals surface area contributed by atoms with Crippen molar-refractivity contribution in [2.75, 3.05) is 14.2 Å². The van der Waals surface area contributed by atoms with Crippen molar-refractivity contribution in [2.24, 2.45) is 0 Å². The van der Waals surface area contributed by atoms with Crippen molar-refractivity contribution in [1.29, 1.82) is 0 Å². The summed E-state index contributed by atoms with van der Waals surface area (Å²) in [4.78, 5) is 9.37. The van der Waals surface area contributed by atoms with Crippen molar-refractivity contribution in [3.63, 3.8) is 0 Å². The predicted octanol–water partition coefficient (Wildman–Crippen LogP) is 4.98. The molecule has 0 spiro atoms. The molecule has 0 aliphatic heterocycles. The lowest BCUT2D eigenvalue weighted by Gasteiger charge is -2.10. The fourth-order valence-corrected chi connectivity index (χ4v) is 3.05. The Hall–Kier alpha value is -3.40. The van der Waals surface area contributed by atoms with E-state index in [9.17, 15) is 0 Å². The molecule has 0 unspecified atom stereocenters. The lowest BCUT2D eigenvalue weighted by molar-refractivity contribution is 0.416. The maximum Gasteiger partial charge on any atom is 0.128 e. The Kier molecular flexibility index (Phi) is 4.23. The van der Waals surface area contributed by atoms with Crippen LogP contribution in [0.5, 0.6) is 11.5 Å². The van der Waals surface area contributed by atoms with Gasteiger partial charge in [0.25, 0.3) is 0 Å². The molecule has 0 bridgehead atoms. The van der Waals surface area contributed by atoms with Gasteiger partial charge >= 0.3 is 0 Å². The molecule has 3 aromatic carbocycles. The van der Waals surface area contributed by atoms with E-state index in [0.717, 1.165) is 44.9 Å². The number of para-hydroxylation sites is 2. The largest absolute Gasteiger partial charge is 0.496 e. The van der Waals surface area contributed by atoms with Crippen LogP contribution in [0.4, 0.5) is 0 Å². The molecule has 0 radical (unpaired) electrons. The SMILES string of the molecule is COc1ccccc1-c1ccc2nc(-c3ccccc3OC)cnc2c1. The highest BCUT2D eigenvalue weighted by atomic mass is 16.5. The number of benzene rings is 3. The lowest BCUT2D eigenvalue weighted by Crippen LogP contribution is -1.93. The normalized spacial score (nSPS) is 10.7. The number of hydrogen-bond donors (Lipinski definition) is 0. The average molecular weight is 342 g/mol. The van der Waals surface area contributed by atoms with Gasteiger partial charge < -0.3 is 9.47 Å². The van der Waals surface area contributed by atoms with Gasteiger partial charge in [0.05, 0.1) is 37.1 Å². The summed E-state index contributed by atoms with van der Waals surface area (Å²) in [7, 11) is 3.34. The molecule has 0 saturated heterocycles. The summed E-state index contributed by atoms with van der Waals surface area (Å²) in [5.41, 5.74) is 5.49. The Morgan fingerprint density at radius 2 is 1.35 bits per heavy atom. The summed E-state index contributed by atoms with van der Waals surface area (Å²) in [6.07, 6.45) is 1.78. The van der Waals surface area contributed by atoms with E-state index in [2.05, 4.69) is 4.98 Å². The van der Waals surface area contributed by atoms with Crippen LogP contribution in [0.3, 0.4) is 0 Å². The molecule has 0 saturated carbocycles. The molecule has 1 heterocycles. The second-order valence-electron chi connectivity index (χ2n) is 5.86. The van der Waals surface area contributed by atoms with Gasteiger partial charge in [0.15, 0.2) is 0 Å². The number of fused-ring (bicyclic) bond motifs is 1. The van der Waals surface area contributed by atoms with E-state index in [1.165, 1.54) is 0 Å².